The SMILES string of the molecule is Cc1nc(N[C@H](C)c2cccc(C(F)(F)F)c2F)c2cc(P(C)(C)=O)ccc2n1. The standard InChI is InChI=1S/C20H20F4N3OP/c1-11(14-6-5-7-16(18(14)21)20(22,23)24)25-19-15-10-13(29(3,4)28)8-9-17(15)26-12(2)27-19/h5-11H,1-4H3,(H,25,26,27)/t11-/m1/s1. The van der Waals surface area contributed by atoms with E-state index in [1.54, 1.807) is 45.4 Å². The van der Waals surface area contributed by atoms with Crippen molar-refractivity contribution in [2.24, 2.45) is 0 Å². The lowest BCUT2D eigenvalue weighted by Gasteiger charge is -2.19. The largest absolute Gasteiger partial charge is 0.419 e. The minimum atomic E-state index is -4.78. The molecule has 1 aromatic heterocycles. The molecule has 0 saturated carbocycles. The molecule has 29 heavy (non-hydrogen) atoms. The highest BCUT2D eigenvalue weighted by atomic mass is 31.2. The van der Waals surface area contributed by atoms with E-state index in [4.69, 9.17) is 0 Å². The second-order valence-corrected chi connectivity index (χ2v) is 10.5. The first-order chi connectivity index (χ1) is 13.4. The maximum Gasteiger partial charge on any atom is 0.419 e. The van der Waals surface area contributed by atoms with Crippen LogP contribution in [-0.4, -0.2) is 23.3 Å². The van der Waals surface area contributed by atoms with Gasteiger partial charge in [-0.2, -0.15) is 13.2 Å². The fourth-order valence-electron chi connectivity index (χ4n) is 3.06. The number of hydrogen-bond donors (Lipinski definition) is 1. The second kappa shape index (κ2) is 7.41. The quantitative estimate of drug-likeness (QED) is 0.442. The summed E-state index contributed by atoms with van der Waals surface area (Å²) in [6.45, 7) is 6.50. The Kier molecular flexibility index (Phi) is 5.43. The predicted octanol–water partition coefficient (Wildman–Crippen LogP) is 5.52. The lowest BCUT2D eigenvalue weighted by atomic mass is 10.0. The Morgan fingerprint density at radius 3 is 2.41 bits per heavy atom. The van der Waals surface area contributed by atoms with Crippen LogP contribution in [0.5, 0.6) is 0 Å². The summed E-state index contributed by atoms with van der Waals surface area (Å²) < 4.78 is 66.0. The number of aromatic nitrogens is 2. The molecule has 3 aromatic rings. The van der Waals surface area contributed by atoms with Crippen molar-refractivity contribution in [1.82, 2.24) is 9.97 Å². The average molecular weight is 425 g/mol. The third-order valence-electron chi connectivity index (χ3n) is 4.57. The van der Waals surface area contributed by atoms with E-state index in [0.29, 0.717) is 33.9 Å². The van der Waals surface area contributed by atoms with Crippen LogP contribution < -0.4 is 10.6 Å². The molecule has 4 nitrogen and oxygen atoms in total. The first-order valence-electron chi connectivity index (χ1n) is 8.84. The van der Waals surface area contributed by atoms with Gasteiger partial charge in [0.1, 0.15) is 24.6 Å². The third-order valence-corrected chi connectivity index (χ3v) is 6.09. The molecule has 0 aliphatic carbocycles. The van der Waals surface area contributed by atoms with Gasteiger partial charge in [0.05, 0.1) is 17.1 Å². The smallest absolute Gasteiger partial charge is 0.363 e. The Labute approximate surface area is 165 Å². The van der Waals surface area contributed by atoms with Gasteiger partial charge in [-0.3, -0.25) is 0 Å². The fourth-order valence-corrected chi connectivity index (χ4v) is 3.94. The van der Waals surface area contributed by atoms with Crippen LogP contribution in [0.1, 0.15) is 29.9 Å². The van der Waals surface area contributed by atoms with Gasteiger partial charge >= 0.3 is 6.18 Å². The average Bonchev–Trinajstić information content (AvgIpc) is 2.59. The first kappa shape index (κ1) is 21.2. The third kappa shape index (κ3) is 4.42. The molecule has 0 aliphatic rings. The molecule has 0 bridgehead atoms. The number of benzene rings is 2. The van der Waals surface area contributed by atoms with Crippen LogP contribution in [0.15, 0.2) is 36.4 Å². The highest BCUT2D eigenvalue weighted by molar-refractivity contribution is 7.70. The van der Waals surface area contributed by atoms with E-state index < -0.39 is 30.7 Å². The predicted molar refractivity (Wildman–Crippen MR) is 107 cm³/mol. The summed E-state index contributed by atoms with van der Waals surface area (Å²) in [7, 11) is -2.55. The highest BCUT2D eigenvalue weighted by Gasteiger charge is 2.35. The number of anilines is 1. The van der Waals surface area contributed by atoms with Gasteiger partial charge in [-0.25, -0.2) is 14.4 Å². The number of halogens is 4. The van der Waals surface area contributed by atoms with E-state index in [1.165, 1.54) is 12.1 Å². The van der Waals surface area contributed by atoms with Crippen LogP contribution >= 0.6 is 7.14 Å². The van der Waals surface area contributed by atoms with Crippen molar-refractivity contribution in [2.45, 2.75) is 26.1 Å². The van der Waals surface area contributed by atoms with Crippen LogP contribution in [0.25, 0.3) is 10.9 Å². The van der Waals surface area contributed by atoms with Gasteiger partial charge in [-0.1, -0.05) is 12.1 Å². The van der Waals surface area contributed by atoms with E-state index in [2.05, 4.69) is 15.3 Å². The molecular weight excluding hydrogens is 405 g/mol. The number of rotatable bonds is 4. The summed E-state index contributed by atoms with van der Waals surface area (Å²) in [6, 6.07) is 7.54. The van der Waals surface area contributed by atoms with E-state index in [1.807, 2.05) is 0 Å². The maximum absolute atomic E-state index is 14.5. The lowest BCUT2D eigenvalue weighted by molar-refractivity contribution is -0.140. The van der Waals surface area contributed by atoms with Crippen LogP contribution in [0.3, 0.4) is 0 Å². The number of aryl methyl sites for hydroxylation is 1. The van der Waals surface area contributed by atoms with E-state index in [9.17, 15) is 22.1 Å². The van der Waals surface area contributed by atoms with Crippen molar-refractivity contribution in [3.05, 3.63) is 59.2 Å². The summed E-state index contributed by atoms with van der Waals surface area (Å²) >= 11 is 0. The zero-order valence-corrected chi connectivity index (χ0v) is 17.2. The van der Waals surface area contributed by atoms with E-state index >= 15 is 0 Å². The lowest BCUT2D eigenvalue weighted by Crippen LogP contribution is -2.15. The molecule has 1 heterocycles. The molecule has 0 spiro atoms. The summed E-state index contributed by atoms with van der Waals surface area (Å²) in [4.78, 5) is 8.67. The number of nitrogens with one attached hydrogen (secondary N) is 1. The summed E-state index contributed by atoms with van der Waals surface area (Å²) in [5, 5.41) is 4.18. The van der Waals surface area contributed by atoms with Gasteiger partial charge in [0, 0.05) is 16.3 Å². The molecule has 9 heteroatoms. The Balaban J connectivity index is 2.07. The molecule has 0 fully saturated rings. The molecule has 3 rings (SSSR count). The highest BCUT2D eigenvalue weighted by Crippen LogP contribution is 2.37. The van der Waals surface area contributed by atoms with Gasteiger partial charge < -0.3 is 9.88 Å². The number of hydrogen-bond acceptors (Lipinski definition) is 4. The first-order valence-corrected chi connectivity index (χ1v) is 11.4. The van der Waals surface area contributed by atoms with Crippen molar-refractivity contribution < 1.29 is 22.1 Å². The molecule has 0 unspecified atom stereocenters. The van der Waals surface area contributed by atoms with Crippen LogP contribution in [0, 0.1) is 12.7 Å². The van der Waals surface area contributed by atoms with E-state index in [0.717, 1.165) is 0 Å². The molecule has 154 valence electrons. The zero-order chi connectivity index (χ0) is 21.6. The van der Waals surface area contributed by atoms with Gasteiger partial charge in [-0.15, -0.1) is 0 Å². The molecule has 1 N–H and O–H groups in total. The minimum Gasteiger partial charge on any atom is -0.363 e. The number of nitrogens with zero attached hydrogens (tertiary/aromatic N) is 2. The van der Waals surface area contributed by atoms with Crippen molar-refractivity contribution in [1.29, 1.82) is 0 Å². The minimum absolute atomic E-state index is 0.128. The summed E-state index contributed by atoms with van der Waals surface area (Å²) in [6.07, 6.45) is -4.78. The van der Waals surface area contributed by atoms with Gasteiger partial charge in [-0.05, 0) is 51.4 Å². The normalized spacial score (nSPS) is 13.5. The number of alkyl halides is 3. The van der Waals surface area contributed by atoms with Crippen molar-refractivity contribution in [3.63, 3.8) is 0 Å². The monoisotopic (exact) mass is 425 g/mol. The Morgan fingerprint density at radius 2 is 1.79 bits per heavy atom. The summed E-state index contributed by atoms with van der Waals surface area (Å²) in [5.74, 6) is -0.532. The topological polar surface area (TPSA) is 54.9 Å². The van der Waals surface area contributed by atoms with Gasteiger partial charge in [0.25, 0.3) is 0 Å². The van der Waals surface area contributed by atoms with Crippen molar-refractivity contribution in [3.8, 4) is 0 Å². The second-order valence-electron chi connectivity index (χ2n) is 7.24. The Bertz CT molecular complexity index is 1120. The van der Waals surface area contributed by atoms with Crippen LogP contribution in [0.4, 0.5) is 23.4 Å². The van der Waals surface area contributed by atoms with Crippen LogP contribution in [-0.2, 0) is 10.7 Å². The Morgan fingerprint density at radius 1 is 1.10 bits per heavy atom. The van der Waals surface area contributed by atoms with Gasteiger partial charge in [0.15, 0.2) is 0 Å². The van der Waals surface area contributed by atoms with Crippen LogP contribution in [0.2, 0.25) is 0 Å². The molecule has 2 aromatic carbocycles. The molecule has 1 atom stereocenters. The van der Waals surface area contributed by atoms with E-state index in [-0.39, 0.29) is 5.56 Å². The molecule has 0 aliphatic heterocycles. The number of fused-ring (bicyclic) bond motifs is 1. The fraction of sp³-hybridized carbons (Fsp3) is 0.300. The molecular formula is C20H20F4N3OP. The zero-order valence-electron chi connectivity index (χ0n) is 16.3. The maximum atomic E-state index is 14.5. The molecule has 0 amide bonds. The van der Waals surface area contributed by atoms with Crippen molar-refractivity contribution in [2.75, 3.05) is 18.6 Å². The Hall–Kier alpha value is -2.47. The molecule has 0 saturated heterocycles. The molecule has 0 radical (unpaired) electrons. The van der Waals surface area contributed by atoms with Gasteiger partial charge in [0.2, 0.25) is 0 Å². The van der Waals surface area contributed by atoms with Crippen molar-refractivity contribution >= 4 is 29.2 Å². The summed E-state index contributed by atoms with van der Waals surface area (Å²) in [5.41, 5.74) is -0.849.